The first-order valence-electron chi connectivity index (χ1n) is 5.85. The summed E-state index contributed by atoms with van der Waals surface area (Å²) in [7, 11) is -3.84. The molecule has 2 rings (SSSR count). The SMILES string of the molecule is N#Cc1ccccc1C(=O)Nc1cccc(S(N)(=O)=O)c1. The number of nitrogens with two attached hydrogens (primary N) is 1. The smallest absolute Gasteiger partial charge is 0.257 e. The fourth-order valence-corrected chi connectivity index (χ4v) is 2.29. The van der Waals surface area contributed by atoms with E-state index in [4.69, 9.17) is 10.4 Å². The van der Waals surface area contributed by atoms with E-state index >= 15 is 0 Å². The highest BCUT2D eigenvalue weighted by atomic mass is 32.2. The van der Waals surface area contributed by atoms with Gasteiger partial charge in [-0.2, -0.15) is 5.26 Å². The van der Waals surface area contributed by atoms with E-state index in [1.165, 1.54) is 36.4 Å². The third kappa shape index (κ3) is 3.45. The molecule has 106 valence electrons. The van der Waals surface area contributed by atoms with Crippen molar-refractivity contribution in [3.63, 3.8) is 0 Å². The lowest BCUT2D eigenvalue weighted by atomic mass is 10.1. The minimum absolute atomic E-state index is 0.103. The van der Waals surface area contributed by atoms with Crippen molar-refractivity contribution in [3.8, 4) is 6.07 Å². The highest BCUT2D eigenvalue weighted by Gasteiger charge is 2.13. The van der Waals surface area contributed by atoms with Crippen LogP contribution in [0.5, 0.6) is 0 Å². The highest BCUT2D eigenvalue weighted by Crippen LogP contribution is 2.16. The average molecular weight is 301 g/mol. The number of hydrogen-bond acceptors (Lipinski definition) is 4. The molecule has 1 amide bonds. The van der Waals surface area contributed by atoms with E-state index in [1.807, 2.05) is 6.07 Å². The van der Waals surface area contributed by atoms with E-state index in [0.717, 1.165) is 0 Å². The zero-order chi connectivity index (χ0) is 15.5. The van der Waals surface area contributed by atoms with Gasteiger partial charge in [-0.05, 0) is 30.3 Å². The molecule has 0 radical (unpaired) electrons. The number of carbonyl (C=O) groups excluding carboxylic acids is 1. The van der Waals surface area contributed by atoms with Gasteiger partial charge in [0.1, 0.15) is 0 Å². The fourth-order valence-electron chi connectivity index (χ4n) is 1.73. The van der Waals surface area contributed by atoms with Crippen LogP contribution >= 0.6 is 0 Å². The first-order valence-corrected chi connectivity index (χ1v) is 7.40. The molecule has 2 aromatic rings. The second kappa shape index (κ2) is 5.75. The van der Waals surface area contributed by atoms with Crippen molar-refractivity contribution in [2.45, 2.75) is 4.90 Å². The van der Waals surface area contributed by atoms with Gasteiger partial charge in [0.25, 0.3) is 5.91 Å². The Labute approximate surface area is 121 Å². The van der Waals surface area contributed by atoms with Crippen molar-refractivity contribution in [1.82, 2.24) is 0 Å². The van der Waals surface area contributed by atoms with Crippen LogP contribution in [0.15, 0.2) is 53.4 Å². The Morgan fingerprint density at radius 3 is 2.52 bits per heavy atom. The molecule has 0 spiro atoms. The molecule has 0 saturated heterocycles. The van der Waals surface area contributed by atoms with Crippen LogP contribution in [0.3, 0.4) is 0 Å². The fraction of sp³-hybridized carbons (Fsp3) is 0. The van der Waals surface area contributed by atoms with Crippen LogP contribution in [0.1, 0.15) is 15.9 Å². The van der Waals surface area contributed by atoms with Crippen molar-refractivity contribution < 1.29 is 13.2 Å². The van der Waals surface area contributed by atoms with Crippen molar-refractivity contribution >= 4 is 21.6 Å². The van der Waals surface area contributed by atoms with Gasteiger partial charge in [-0.25, -0.2) is 13.6 Å². The summed E-state index contributed by atoms with van der Waals surface area (Å²) in [6, 6.07) is 13.8. The van der Waals surface area contributed by atoms with Gasteiger partial charge < -0.3 is 5.32 Å². The van der Waals surface area contributed by atoms with Crippen LogP contribution in [0.2, 0.25) is 0 Å². The van der Waals surface area contributed by atoms with Gasteiger partial charge in [-0.3, -0.25) is 4.79 Å². The van der Waals surface area contributed by atoms with Crippen molar-refractivity contribution in [1.29, 1.82) is 5.26 Å². The maximum absolute atomic E-state index is 12.1. The molecule has 0 unspecified atom stereocenters. The second-order valence-electron chi connectivity index (χ2n) is 4.18. The number of hydrogen-bond donors (Lipinski definition) is 2. The van der Waals surface area contributed by atoms with Crippen LogP contribution in [0.25, 0.3) is 0 Å². The molecule has 0 fully saturated rings. The monoisotopic (exact) mass is 301 g/mol. The molecule has 0 atom stereocenters. The minimum Gasteiger partial charge on any atom is -0.322 e. The molecular formula is C14H11N3O3S. The van der Waals surface area contributed by atoms with E-state index in [9.17, 15) is 13.2 Å². The number of rotatable bonds is 3. The molecule has 0 aromatic heterocycles. The van der Waals surface area contributed by atoms with E-state index in [2.05, 4.69) is 5.32 Å². The molecule has 0 saturated carbocycles. The van der Waals surface area contributed by atoms with Gasteiger partial charge >= 0.3 is 0 Å². The topological polar surface area (TPSA) is 113 Å². The Morgan fingerprint density at radius 1 is 1.14 bits per heavy atom. The number of nitrogens with one attached hydrogen (secondary N) is 1. The number of anilines is 1. The van der Waals surface area contributed by atoms with E-state index < -0.39 is 15.9 Å². The predicted molar refractivity (Wildman–Crippen MR) is 76.9 cm³/mol. The van der Waals surface area contributed by atoms with Gasteiger partial charge in [-0.15, -0.1) is 0 Å². The summed E-state index contributed by atoms with van der Waals surface area (Å²) in [5.41, 5.74) is 0.720. The molecule has 0 heterocycles. The van der Waals surface area contributed by atoms with Gasteiger partial charge in [0.2, 0.25) is 10.0 Å². The van der Waals surface area contributed by atoms with E-state index in [0.29, 0.717) is 0 Å². The number of primary sulfonamides is 1. The number of amides is 1. The maximum Gasteiger partial charge on any atom is 0.257 e. The van der Waals surface area contributed by atoms with Crippen molar-refractivity contribution in [2.24, 2.45) is 5.14 Å². The maximum atomic E-state index is 12.1. The van der Waals surface area contributed by atoms with Crippen LogP contribution in [-0.4, -0.2) is 14.3 Å². The van der Waals surface area contributed by atoms with Gasteiger partial charge in [0.05, 0.1) is 22.1 Å². The van der Waals surface area contributed by atoms with Gasteiger partial charge in [0.15, 0.2) is 0 Å². The lowest BCUT2D eigenvalue weighted by molar-refractivity contribution is 0.102. The number of carbonyl (C=O) groups is 1. The molecule has 0 aliphatic rings. The Morgan fingerprint density at radius 2 is 1.86 bits per heavy atom. The number of benzene rings is 2. The summed E-state index contributed by atoms with van der Waals surface area (Å²) < 4.78 is 22.5. The number of nitrogens with zero attached hydrogens (tertiary/aromatic N) is 1. The van der Waals surface area contributed by atoms with E-state index in [1.54, 1.807) is 12.1 Å². The predicted octanol–water partition coefficient (Wildman–Crippen LogP) is 1.46. The minimum atomic E-state index is -3.84. The molecule has 0 aliphatic carbocycles. The molecule has 21 heavy (non-hydrogen) atoms. The number of sulfonamides is 1. The standard InChI is InChI=1S/C14H11N3O3S/c15-9-10-4-1-2-7-13(10)14(18)17-11-5-3-6-12(8-11)21(16,19)20/h1-8H,(H,17,18)(H2,16,19,20). The van der Waals surface area contributed by atoms with Crippen molar-refractivity contribution in [2.75, 3.05) is 5.32 Å². The molecule has 0 aliphatic heterocycles. The third-order valence-electron chi connectivity index (χ3n) is 2.71. The van der Waals surface area contributed by atoms with Crippen LogP contribution in [0, 0.1) is 11.3 Å². The summed E-state index contributed by atoms with van der Waals surface area (Å²) in [6.07, 6.45) is 0. The Balaban J connectivity index is 2.31. The third-order valence-corrected chi connectivity index (χ3v) is 3.62. The summed E-state index contributed by atoms with van der Waals surface area (Å²) in [4.78, 5) is 12.0. The summed E-state index contributed by atoms with van der Waals surface area (Å²) >= 11 is 0. The van der Waals surface area contributed by atoms with Crippen molar-refractivity contribution in [3.05, 3.63) is 59.7 Å². The molecule has 2 aromatic carbocycles. The average Bonchev–Trinajstić information content (AvgIpc) is 2.46. The largest absolute Gasteiger partial charge is 0.322 e. The molecule has 7 heteroatoms. The Bertz CT molecular complexity index is 839. The zero-order valence-corrected chi connectivity index (χ0v) is 11.6. The van der Waals surface area contributed by atoms with Crippen LogP contribution in [0.4, 0.5) is 5.69 Å². The summed E-state index contributed by atoms with van der Waals surface area (Å²) in [6.45, 7) is 0. The van der Waals surface area contributed by atoms with Gasteiger partial charge in [-0.1, -0.05) is 18.2 Å². The second-order valence-corrected chi connectivity index (χ2v) is 5.75. The molecular weight excluding hydrogens is 290 g/mol. The van der Waals surface area contributed by atoms with E-state index in [-0.39, 0.29) is 21.7 Å². The van der Waals surface area contributed by atoms with Gasteiger partial charge in [0, 0.05) is 5.69 Å². The first kappa shape index (κ1) is 14.7. The normalized spacial score (nSPS) is 10.7. The van der Waals surface area contributed by atoms with Crippen LogP contribution < -0.4 is 10.5 Å². The van der Waals surface area contributed by atoms with Crippen LogP contribution in [-0.2, 0) is 10.0 Å². The lowest BCUT2D eigenvalue weighted by Gasteiger charge is -2.07. The Kier molecular flexibility index (Phi) is 4.03. The summed E-state index contributed by atoms with van der Waals surface area (Å²) in [5, 5.41) is 16.5. The lowest BCUT2D eigenvalue weighted by Crippen LogP contribution is -2.15. The zero-order valence-electron chi connectivity index (χ0n) is 10.8. The first-order chi connectivity index (χ1) is 9.91. The molecule has 0 bridgehead atoms. The Hall–Kier alpha value is -2.69. The number of nitriles is 1. The highest BCUT2D eigenvalue weighted by molar-refractivity contribution is 7.89. The molecule has 3 N–H and O–H groups in total. The molecule has 6 nitrogen and oxygen atoms in total. The summed E-state index contributed by atoms with van der Waals surface area (Å²) in [5.74, 6) is -0.501. The quantitative estimate of drug-likeness (QED) is 0.893.